The number of halogens is 1. The van der Waals surface area contributed by atoms with Crippen LogP contribution in [0.4, 0.5) is 0 Å². The van der Waals surface area contributed by atoms with Gasteiger partial charge in [-0.25, -0.2) is 8.42 Å². The minimum Gasteiger partial charge on any atom is -0.207 e. The fourth-order valence-electron chi connectivity index (χ4n) is 2.83. The summed E-state index contributed by atoms with van der Waals surface area (Å²) < 4.78 is 26.9. The van der Waals surface area contributed by atoms with Gasteiger partial charge in [0.05, 0.1) is 10.8 Å². The van der Waals surface area contributed by atoms with E-state index in [1.54, 1.807) is 22.8 Å². The Morgan fingerprint density at radius 3 is 2.74 bits per heavy atom. The first kappa shape index (κ1) is 15.3. The van der Waals surface area contributed by atoms with Crippen molar-refractivity contribution in [2.45, 2.75) is 49.4 Å². The predicted octanol–water partition coefficient (Wildman–Crippen LogP) is 3.69. The molecule has 6 heteroatoms. The zero-order valence-electron chi connectivity index (χ0n) is 11.3. The minimum atomic E-state index is -3.41. The molecular weight excluding hydrogens is 302 g/mol. The number of hydrogen-bond donors (Lipinski definition) is 0. The van der Waals surface area contributed by atoms with Crippen molar-refractivity contribution in [3.05, 3.63) is 16.3 Å². The van der Waals surface area contributed by atoms with Crippen LogP contribution < -0.4 is 0 Å². The van der Waals surface area contributed by atoms with Crippen LogP contribution in [0.25, 0.3) is 0 Å². The largest absolute Gasteiger partial charge is 0.244 e. The van der Waals surface area contributed by atoms with Crippen LogP contribution in [0, 0.1) is 5.92 Å². The third-order valence-electron chi connectivity index (χ3n) is 4.02. The third kappa shape index (κ3) is 2.99. The molecule has 0 aromatic carbocycles. The molecule has 0 radical (unpaired) electrons. The molecule has 2 unspecified atom stereocenters. The molecule has 3 nitrogen and oxygen atoms in total. The topological polar surface area (TPSA) is 37.4 Å². The Bertz CT molecular complexity index is 527. The Morgan fingerprint density at radius 2 is 2.11 bits per heavy atom. The molecule has 1 aromatic rings. The van der Waals surface area contributed by atoms with Gasteiger partial charge in [0.1, 0.15) is 0 Å². The molecule has 0 aliphatic heterocycles. The van der Waals surface area contributed by atoms with Gasteiger partial charge < -0.3 is 0 Å². The number of rotatable bonds is 4. The lowest BCUT2D eigenvalue weighted by Crippen LogP contribution is -2.42. The molecule has 108 valence electrons. The molecule has 1 heterocycles. The van der Waals surface area contributed by atoms with E-state index in [0.717, 1.165) is 24.1 Å². The van der Waals surface area contributed by atoms with Crippen molar-refractivity contribution in [3.8, 4) is 0 Å². The first-order valence-corrected chi connectivity index (χ1v) is 9.44. The first-order valence-electron chi connectivity index (χ1n) is 6.59. The molecule has 0 amide bonds. The summed E-state index contributed by atoms with van der Waals surface area (Å²) in [4.78, 5) is 1.12. The van der Waals surface area contributed by atoms with Gasteiger partial charge in [0.2, 0.25) is 10.0 Å². The SMILES string of the molecule is CC1CCCCC1N(C)S(=O)(=O)c1ccsc1CCl. The number of hydrogen-bond acceptors (Lipinski definition) is 3. The van der Waals surface area contributed by atoms with E-state index in [-0.39, 0.29) is 11.9 Å². The Kier molecular flexibility index (Phi) is 4.93. The van der Waals surface area contributed by atoms with E-state index in [9.17, 15) is 8.42 Å². The van der Waals surface area contributed by atoms with E-state index in [4.69, 9.17) is 11.6 Å². The van der Waals surface area contributed by atoms with Gasteiger partial charge >= 0.3 is 0 Å². The molecular formula is C13H20ClNO2S2. The molecule has 1 aromatic heterocycles. The van der Waals surface area contributed by atoms with E-state index >= 15 is 0 Å². The lowest BCUT2D eigenvalue weighted by Gasteiger charge is -2.35. The number of nitrogens with zero attached hydrogens (tertiary/aromatic N) is 1. The zero-order valence-corrected chi connectivity index (χ0v) is 13.7. The highest BCUT2D eigenvalue weighted by atomic mass is 35.5. The maximum Gasteiger partial charge on any atom is 0.244 e. The van der Waals surface area contributed by atoms with Crippen molar-refractivity contribution < 1.29 is 8.42 Å². The van der Waals surface area contributed by atoms with Gasteiger partial charge in [0, 0.05) is 18.0 Å². The smallest absolute Gasteiger partial charge is 0.207 e. The highest BCUT2D eigenvalue weighted by Gasteiger charge is 2.34. The Balaban J connectivity index is 2.28. The average molecular weight is 322 g/mol. The fraction of sp³-hybridized carbons (Fsp3) is 0.692. The van der Waals surface area contributed by atoms with E-state index in [1.165, 1.54) is 17.8 Å². The van der Waals surface area contributed by atoms with Crippen molar-refractivity contribution in [1.29, 1.82) is 0 Å². The van der Waals surface area contributed by atoms with Gasteiger partial charge in [0.15, 0.2) is 0 Å². The van der Waals surface area contributed by atoms with Gasteiger partial charge in [-0.3, -0.25) is 0 Å². The summed E-state index contributed by atoms with van der Waals surface area (Å²) in [6, 6.07) is 1.78. The predicted molar refractivity (Wildman–Crippen MR) is 80.2 cm³/mol. The molecule has 19 heavy (non-hydrogen) atoms. The lowest BCUT2D eigenvalue weighted by molar-refractivity contribution is 0.213. The Labute approximate surface area is 124 Å². The van der Waals surface area contributed by atoms with Crippen LogP contribution in [-0.2, 0) is 15.9 Å². The first-order chi connectivity index (χ1) is 8.98. The van der Waals surface area contributed by atoms with Gasteiger partial charge in [-0.05, 0) is 30.2 Å². The molecule has 1 aliphatic carbocycles. The van der Waals surface area contributed by atoms with Gasteiger partial charge in [-0.2, -0.15) is 4.31 Å². The summed E-state index contributed by atoms with van der Waals surface area (Å²) in [5, 5.41) is 1.79. The maximum atomic E-state index is 12.7. The highest BCUT2D eigenvalue weighted by molar-refractivity contribution is 7.89. The molecule has 0 bridgehead atoms. The quantitative estimate of drug-likeness (QED) is 0.793. The number of thiophene rings is 1. The second-order valence-electron chi connectivity index (χ2n) is 5.19. The molecule has 1 fully saturated rings. The fourth-order valence-corrected chi connectivity index (χ4v) is 5.98. The molecule has 0 N–H and O–H groups in total. The van der Waals surface area contributed by atoms with Crippen LogP contribution in [0.3, 0.4) is 0 Å². The van der Waals surface area contributed by atoms with Crippen molar-refractivity contribution in [1.82, 2.24) is 4.31 Å². The van der Waals surface area contributed by atoms with Crippen molar-refractivity contribution in [3.63, 3.8) is 0 Å². The van der Waals surface area contributed by atoms with Crippen molar-refractivity contribution >= 4 is 33.0 Å². The lowest BCUT2D eigenvalue weighted by atomic mass is 9.86. The van der Waals surface area contributed by atoms with Crippen molar-refractivity contribution in [2.24, 2.45) is 5.92 Å². The Hall–Kier alpha value is -0.100. The highest BCUT2D eigenvalue weighted by Crippen LogP contribution is 2.33. The summed E-state index contributed by atoms with van der Waals surface area (Å²) in [7, 11) is -1.71. The Morgan fingerprint density at radius 1 is 1.42 bits per heavy atom. The van der Waals surface area contributed by atoms with Crippen LogP contribution in [0.15, 0.2) is 16.3 Å². The van der Waals surface area contributed by atoms with E-state index in [0.29, 0.717) is 10.8 Å². The van der Waals surface area contributed by atoms with Crippen LogP contribution in [0.2, 0.25) is 0 Å². The summed E-state index contributed by atoms with van der Waals surface area (Å²) in [6.45, 7) is 2.14. The molecule has 2 rings (SSSR count). The maximum absolute atomic E-state index is 12.7. The van der Waals surface area contributed by atoms with Crippen LogP contribution in [0.5, 0.6) is 0 Å². The zero-order chi connectivity index (χ0) is 14.0. The second kappa shape index (κ2) is 6.12. The van der Waals surface area contributed by atoms with Gasteiger partial charge in [-0.15, -0.1) is 22.9 Å². The monoisotopic (exact) mass is 321 g/mol. The third-order valence-corrected chi connectivity index (χ3v) is 7.46. The molecule has 1 aliphatic rings. The summed E-state index contributed by atoms with van der Waals surface area (Å²) in [5.74, 6) is 0.673. The van der Waals surface area contributed by atoms with E-state index in [1.807, 2.05) is 0 Å². The summed E-state index contributed by atoms with van der Waals surface area (Å²) in [6.07, 6.45) is 4.38. The van der Waals surface area contributed by atoms with Crippen LogP contribution in [-0.4, -0.2) is 25.8 Å². The normalized spacial score (nSPS) is 24.8. The molecule has 1 saturated carbocycles. The van der Waals surface area contributed by atoms with Gasteiger partial charge in [-0.1, -0.05) is 19.8 Å². The van der Waals surface area contributed by atoms with Crippen LogP contribution >= 0.6 is 22.9 Å². The summed E-state index contributed by atoms with van der Waals surface area (Å²) in [5.41, 5.74) is 0. The second-order valence-corrected chi connectivity index (χ2v) is 8.43. The molecule has 0 saturated heterocycles. The summed E-state index contributed by atoms with van der Waals surface area (Å²) >= 11 is 7.23. The van der Waals surface area contributed by atoms with Crippen molar-refractivity contribution in [2.75, 3.05) is 7.05 Å². The standard InChI is InChI=1S/C13H20ClNO2S2/c1-10-5-3-4-6-11(10)15(2)19(16,17)13-7-8-18-12(13)9-14/h7-8,10-11H,3-6,9H2,1-2H3. The minimum absolute atomic E-state index is 0.113. The number of alkyl halides is 1. The van der Waals surface area contributed by atoms with E-state index in [2.05, 4.69) is 6.92 Å². The molecule has 2 atom stereocenters. The molecule has 0 spiro atoms. The van der Waals surface area contributed by atoms with Crippen LogP contribution in [0.1, 0.15) is 37.5 Å². The van der Waals surface area contributed by atoms with Gasteiger partial charge in [0.25, 0.3) is 0 Å². The van der Waals surface area contributed by atoms with E-state index < -0.39 is 10.0 Å². The average Bonchev–Trinajstić information content (AvgIpc) is 2.87. The number of sulfonamides is 1.